The van der Waals surface area contributed by atoms with E-state index in [1.807, 2.05) is 32.0 Å². The first-order valence-electron chi connectivity index (χ1n) is 21.1. The van der Waals surface area contributed by atoms with Crippen molar-refractivity contribution in [3.63, 3.8) is 0 Å². The number of hydrogen-bond acceptors (Lipinski definition) is 0. The van der Waals surface area contributed by atoms with E-state index in [1.54, 1.807) is 0 Å². The molecule has 296 valence electrons. The Morgan fingerprint density at radius 1 is 0.417 bits per heavy atom. The molecule has 0 fully saturated rings. The minimum atomic E-state index is 0.898. The van der Waals surface area contributed by atoms with Crippen molar-refractivity contribution in [1.82, 2.24) is 0 Å². The average Bonchev–Trinajstić information content (AvgIpc) is 3.29. The summed E-state index contributed by atoms with van der Waals surface area (Å²) in [6, 6.07) is 47.0. The van der Waals surface area contributed by atoms with E-state index in [0.29, 0.717) is 0 Å². The maximum absolute atomic E-state index is 5.63. The predicted molar refractivity (Wildman–Crippen MR) is 264 cm³/mol. The van der Waals surface area contributed by atoms with Gasteiger partial charge in [-0.3, -0.25) is 0 Å². The Labute approximate surface area is 360 Å². The molecule has 0 N–H and O–H groups in total. The minimum absolute atomic E-state index is 0.898. The molecule has 60 heavy (non-hydrogen) atoms. The molecule has 8 aromatic carbocycles. The summed E-state index contributed by atoms with van der Waals surface area (Å²) in [7, 11) is 0. The van der Waals surface area contributed by atoms with Crippen molar-refractivity contribution in [2.75, 3.05) is 0 Å². The van der Waals surface area contributed by atoms with E-state index in [4.69, 9.17) is 12.8 Å². The molecule has 0 aromatic heterocycles. The molecule has 0 spiro atoms. The molecule has 0 radical (unpaired) electrons. The summed E-state index contributed by atoms with van der Waals surface area (Å²) >= 11 is 0. The summed E-state index contributed by atoms with van der Waals surface area (Å²) in [6.45, 7) is 16.7. The second kappa shape index (κ2) is 21.7. The van der Waals surface area contributed by atoms with Gasteiger partial charge in [-0.1, -0.05) is 178 Å². The number of aryl methyl sites for hydroxylation is 6. The van der Waals surface area contributed by atoms with Crippen LogP contribution in [0.4, 0.5) is 0 Å². The molecule has 0 aliphatic rings. The zero-order valence-corrected chi connectivity index (χ0v) is 36.7. The lowest BCUT2D eigenvalue weighted by Crippen LogP contribution is -1.94. The van der Waals surface area contributed by atoms with E-state index in [2.05, 4.69) is 192 Å². The van der Waals surface area contributed by atoms with Crippen LogP contribution in [0.15, 0.2) is 133 Å². The van der Waals surface area contributed by atoms with E-state index in [9.17, 15) is 0 Å². The van der Waals surface area contributed by atoms with Gasteiger partial charge in [-0.25, -0.2) is 0 Å². The molecule has 0 heteroatoms. The number of terminal acetylenes is 2. The van der Waals surface area contributed by atoms with Crippen LogP contribution in [0.2, 0.25) is 0 Å². The van der Waals surface area contributed by atoms with Gasteiger partial charge in [0.15, 0.2) is 0 Å². The van der Waals surface area contributed by atoms with Crippen LogP contribution in [0.1, 0.15) is 97.2 Å². The van der Waals surface area contributed by atoms with Crippen molar-refractivity contribution < 1.29 is 0 Å². The molecule has 0 saturated heterocycles. The largest absolute Gasteiger partial charge is 0.115 e. The second-order valence-electron chi connectivity index (χ2n) is 14.7. The topological polar surface area (TPSA) is 0 Å². The van der Waals surface area contributed by atoms with Crippen molar-refractivity contribution in [1.29, 1.82) is 0 Å². The lowest BCUT2D eigenvalue weighted by molar-refractivity contribution is 1.15. The van der Waals surface area contributed by atoms with Crippen LogP contribution < -0.4 is 0 Å². The lowest BCUT2D eigenvalue weighted by Gasteiger charge is -2.10. The van der Waals surface area contributed by atoms with Crippen molar-refractivity contribution >= 4 is 43.1 Å². The third-order valence-corrected chi connectivity index (χ3v) is 10.9. The lowest BCUT2D eigenvalue weighted by atomic mass is 9.93. The molecule has 0 atom stereocenters. The van der Waals surface area contributed by atoms with E-state index >= 15 is 0 Å². The van der Waals surface area contributed by atoms with Gasteiger partial charge in [0.25, 0.3) is 0 Å². The SMILES string of the molecule is C#Cc1c(C#CC)cc2ccccc2c1CC.C#Cc1cc(CC)c2ccccc2c1C#CC.CCc1cc(C)cc2ccccc12.CCc1ccc(C)c2ccccc12. The van der Waals surface area contributed by atoms with E-state index in [1.165, 1.54) is 71.1 Å². The Bertz CT molecular complexity index is 2990. The summed E-state index contributed by atoms with van der Waals surface area (Å²) in [5.74, 6) is 17.6. The molecule has 0 heterocycles. The van der Waals surface area contributed by atoms with Crippen LogP contribution in [-0.4, -0.2) is 0 Å². The summed E-state index contributed by atoms with van der Waals surface area (Å²) < 4.78 is 0. The Hall–Kier alpha value is -6.96. The van der Waals surface area contributed by atoms with Gasteiger partial charge in [-0.2, -0.15) is 0 Å². The highest BCUT2D eigenvalue weighted by Gasteiger charge is 2.10. The highest BCUT2D eigenvalue weighted by Crippen LogP contribution is 2.28. The van der Waals surface area contributed by atoms with Crippen molar-refractivity contribution in [3.8, 4) is 48.4 Å². The summed E-state index contributed by atoms with van der Waals surface area (Å²) in [4.78, 5) is 0. The first-order chi connectivity index (χ1) is 29.3. The summed E-state index contributed by atoms with van der Waals surface area (Å²) in [6.07, 6.45) is 15.3. The van der Waals surface area contributed by atoms with Gasteiger partial charge in [0, 0.05) is 22.3 Å². The Balaban J connectivity index is 0.000000153. The standard InChI is InChI=1S/2C17H14.2C13H14/c1-4-9-13-12-14-10-7-8-11-17(14)16(6-3)15(13)5-2;1-4-9-15-13(5-2)12-14(6-3)16-10-7-8-11-17(15)16;1-3-11-8-10(2)9-12-6-4-5-7-13(11)12;1-3-11-9-8-10(2)12-6-4-5-7-13(11)12/h2*2,7-8,10-12H,6H2,1,3H3;2*4-9H,3H2,1-2H3. The van der Waals surface area contributed by atoms with Crippen molar-refractivity contribution in [2.24, 2.45) is 0 Å². The molecule has 8 aromatic rings. The van der Waals surface area contributed by atoms with Crippen LogP contribution in [0, 0.1) is 62.2 Å². The van der Waals surface area contributed by atoms with E-state index < -0.39 is 0 Å². The van der Waals surface area contributed by atoms with Crippen LogP contribution in [0.5, 0.6) is 0 Å². The van der Waals surface area contributed by atoms with Gasteiger partial charge in [0.05, 0.1) is 0 Å². The highest BCUT2D eigenvalue weighted by atomic mass is 14.1. The molecule has 0 unspecified atom stereocenters. The fraction of sp³-hybridized carbons (Fsp3) is 0.200. The summed E-state index contributed by atoms with van der Waals surface area (Å²) in [5.41, 5.74) is 11.9. The minimum Gasteiger partial charge on any atom is -0.115 e. The molecule has 0 amide bonds. The van der Waals surface area contributed by atoms with Gasteiger partial charge in [0.2, 0.25) is 0 Å². The number of rotatable bonds is 4. The fourth-order valence-electron chi connectivity index (χ4n) is 7.97. The first-order valence-corrected chi connectivity index (χ1v) is 21.1. The van der Waals surface area contributed by atoms with Crippen molar-refractivity contribution in [2.45, 2.75) is 81.1 Å². The van der Waals surface area contributed by atoms with Crippen molar-refractivity contribution in [3.05, 3.63) is 189 Å². The first kappa shape index (κ1) is 44.1. The molecule has 0 nitrogen and oxygen atoms in total. The quantitative estimate of drug-likeness (QED) is 0.156. The molecule has 0 aliphatic heterocycles. The smallest absolute Gasteiger partial charge is 0.0480 e. The Kier molecular flexibility index (Phi) is 16.0. The molecule has 8 rings (SSSR count). The monoisotopic (exact) mass is 776 g/mol. The Morgan fingerprint density at radius 2 is 0.933 bits per heavy atom. The average molecular weight is 777 g/mol. The fourth-order valence-corrected chi connectivity index (χ4v) is 7.97. The van der Waals surface area contributed by atoms with Gasteiger partial charge < -0.3 is 0 Å². The molecule has 0 aliphatic carbocycles. The Morgan fingerprint density at radius 3 is 1.50 bits per heavy atom. The zero-order valence-electron chi connectivity index (χ0n) is 36.7. The molecular formula is C60H56. The normalized spacial score (nSPS) is 9.97. The van der Waals surface area contributed by atoms with Gasteiger partial charge in [-0.15, -0.1) is 24.7 Å². The number of benzene rings is 8. The van der Waals surface area contributed by atoms with Gasteiger partial charge >= 0.3 is 0 Å². The number of fused-ring (bicyclic) bond motifs is 4. The molecule has 0 saturated carbocycles. The maximum atomic E-state index is 5.63. The maximum Gasteiger partial charge on any atom is 0.0480 e. The third-order valence-electron chi connectivity index (χ3n) is 10.9. The van der Waals surface area contributed by atoms with Crippen LogP contribution in [-0.2, 0) is 25.7 Å². The molecular weight excluding hydrogens is 721 g/mol. The van der Waals surface area contributed by atoms with Crippen LogP contribution in [0.3, 0.4) is 0 Å². The van der Waals surface area contributed by atoms with Gasteiger partial charge in [-0.05, 0) is 136 Å². The van der Waals surface area contributed by atoms with Gasteiger partial charge in [0.1, 0.15) is 0 Å². The summed E-state index contributed by atoms with van der Waals surface area (Å²) in [5, 5.41) is 10.4. The highest BCUT2D eigenvalue weighted by molar-refractivity contribution is 5.93. The van der Waals surface area contributed by atoms with Crippen LogP contribution >= 0.6 is 0 Å². The molecule has 0 bridgehead atoms. The van der Waals surface area contributed by atoms with Crippen LogP contribution in [0.25, 0.3) is 43.1 Å². The predicted octanol–water partition coefficient (Wildman–Crippen LogP) is 14.9. The van der Waals surface area contributed by atoms with E-state index in [-0.39, 0.29) is 0 Å². The third kappa shape index (κ3) is 10.2. The second-order valence-corrected chi connectivity index (χ2v) is 14.7. The zero-order chi connectivity index (χ0) is 43.0. The van der Waals surface area contributed by atoms with E-state index in [0.717, 1.165) is 53.3 Å². The number of hydrogen-bond donors (Lipinski definition) is 0.